The maximum absolute atomic E-state index is 12.4. The second kappa shape index (κ2) is 7.90. The van der Waals surface area contributed by atoms with Gasteiger partial charge in [-0.15, -0.1) is 12.4 Å². The topological polar surface area (TPSA) is 53.6 Å². The highest BCUT2D eigenvalue weighted by atomic mass is 35.5. The first-order chi connectivity index (χ1) is 10.9. The van der Waals surface area contributed by atoms with Crippen molar-refractivity contribution in [2.24, 2.45) is 17.3 Å². The van der Waals surface area contributed by atoms with Crippen molar-refractivity contribution in [3.05, 3.63) is 0 Å². The first-order valence-electron chi connectivity index (χ1n) is 9.25. The Morgan fingerprint density at radius 2 is 1.83 bits per heavy atom. The van der Waals surface area contributed by atoms with Crippen LogP contribution in [0.5, 0.6) is 0 Å². The van der Waals surface area contributed by atoms with Crippen LogP contribution in [0.15, 0.2) is 0 Å². The predicted octanol–water partition coefficient (Wildman–Crippen LogP) is 1.66. The molecule has 0 aromatic rings. The number of hydrogen-bond donors (Lipinski definition) is 2. The van der Waals surface area contributed by atoms with E-state index in [4.69, 9.17) is 4.74 Å². The van der Waals surface area contributed by atoms with Crippen LogP contribution in [0.1, 0.15) is 40.0 Å². The first kappa shape index (κ1) is 20.0. The fourth-order valence-corrected chi connectivity index (χ4v) is 4.97. The van der Waals surface area contributed by atoms with E-state index in [9.17, 15) is 4.79 Å². The maximum atomic E-state index is 12.4. The van der Waals surface area contributed by atoms with Crippen molar-refractivity contribution in [1.29, 1.82) is 0 Å². The highest BCUT2D eigenvalue weighted by molar-refractivity contribution is 5.85. The Hall–Kier alpha value is -0.360. The van der Waals surface area contributed by atoms with E-state index in [-0.39, 0.29) is 29.3 Å². The van der Waals surface area contributed by atoms with Gasteiger partial charge in [0.1, 0.15) is 0 Å². The first-order valence-corrected chi connectivity index (χ1v) is 9.25. The monoisotopic (exact) mass is 359 g/mol. The molecule has 24 heavy (non-hydrogen) atoms. The lowest BCUT2D eigenvalue weighted by Gasteiger charge is -2.48. The number of carbonyl (C=O) groups is 1. The Morgan fingerprint density at radius 3 is 2.46 bits per heavy atom. The molecule has 0 aromatic carbocycles. The van der Waals surface area contributed by atoms with Gasteiger partial charge in [0, 0.05) is 31.7 Å². The summed E-state index contributed by atoms with van der Waals surface area (Å²) < 4.78 is 5.35. The van der Waals surface area contributed by atoms with Crippen LogP contribution in [0.2, 0.25) is 0 Å². The minimum absolute atomic E-state index is 0. The number of morpholine rings is 1. The average molecular weight is 360 g/mol. The number of hydrogen-bond acceptors (Lipinski definition) is 4. The third-order valence-corrected chi connectivity index (χ3v) is 7.00. The van der Waals surface area contributed by atoms with Crippen LogP contribution in [-0.2, 0) is 9.53 Å². The molecule has 1 heterocycles. The van der Waals surface area contributed by atoms with Crippen LogP contribution in [-0.4, -0.2) is 62.3 Å². The molecule has 0 spiro atoms. The molecule has 1 saturated heterocycles. The number of rotatable bonds is 6. The fourth-order valence-electron chi connectivity index (χ4n) is 4.97. The van der Waals surface area contributed by atoms with E-state index in [1.165, 1.54) is 19.3 Å². The quantitative estimate of drug-likeness (QED) is 0.708. The van der Waals surface area contributed by atoms with Crippen LogP contribution in [0.25, 0.3) is 0 Å². The van der Waals surface area contributed by atoms with E-state index < -0.39 is 0 Å². The number of ether oxygens (including phenoxy) is 1. The van der Waals surface area contributed by atoms with Gasteiger partial charge in [-0.1, -0.05) is 13.8 Å². The van der Waals surface area contributed by atoms with Crippen LogP contribution in [0.3, 0.4) is 0 Å². The van der Waals surface area contributed by atoms with Gasteiger partial charge in [-0.25, -0.2) is 0 Å². The molecule has 3 atom stereocenters. The van der Waals surface area contributed by atoms with Gasteiger partial charge in [0.2, 0.25) is 5.91 Å². The van der Waals surface area contributed by atoms with Gasteiger partial charge in [-0.05, 0) is 43.4 Å². The van der Waals surface area contributed by atoms with Gasteiger partial charge in [-0.3, -0.25) is 9.69 Å². The molecule has 140 valence electrons. The minimum Gasteiger partial charge on any atom is -0.379 e. The molecule has 6 heteroatoms. The fraction of sp³-hybridized carbons (Fsp3) is 0.944. The molecular formula is C18H34ClN3O2. The summed E-state index contributed by atoms with van der Waals surface area (Å²) in [5, 5.41) is 6.68. The summed E-state index contributed by atoms with van der Waals surface area (Å²) in [4.78, 5) is 14.8. The molecule has 3 aliphatic rings. The standard InChI is InChI=1S/C18H33N3O2.ClH/c1-17(2)14-4-5-15(12-14)18(17,3)20-16(22)13-19-6-7-21-8-10-23-11-9-21;/h14-15,19H,4-13H2,1-3H3,(H,20,22);1H. The molecule has 1 amide bonds. The zero-order chi connectivity index (χ0) is 16.5. The second-order valence-electron chi connectivity index (χ2n) is 8.31. The van der Waals surface area contributed by atoms with Gasteiger partial charge in [0.05, 0.1) is 19.8 Å². The molecule has 2 N–H and O–H groups in total. The Morgan fingerprint density at radius 1 is 1.17 bits per heavy atom. The third kappa shape index (κ3) is 3.74. The van der Waals surface area contributed by atoms with E-state index >= 15 is 0 Å². The van der Waals surface area contributed by atoms with Gasteiger partial charge in [0.15, 0.2) is 0 Å². The summed E-state index contributed by atoms with van der Waals surface area (Å²) in [7, 11) is 0. The van der Waals surface area contributed by atoms with Gasteiger partial charge in [-0.2, -0.15) is 0 Å². The number of halogens is 1. The number of amides is 1. The molecule has 2 bridgehead atoms. The van der Waals surface area contributed by atoms with Crippen LogP contribution in [0, 0.1) is 17.3 Å². The van der Waals surface area contributed by atoms with E-state index in [0.717, 1.165) is 45.3 Å². The summed E-state index contributed by atoms with van der Waals surface area (Å²) >= 11 is 0. The zero-order valence-corrected chi connectivity index (χ0v) is 16.2. The minimum atomic E-state index is -0.0428. The van der Waals surface area contributed by atoms with Crippen LogP contribution >= 0.6 is 12.4 Å². The summed E-state index contributed by atoms with van der Waals surface area (Å²) in [6.07, 6.45) is 3.89. The molecular weight excluding hydrogens is 326 g/mol. The van der Waals surface area contributed by atoms with E-state index in [0.29, 0.717) is 12.5 Å². The third-order valence-electron chi connectivity index (χ3n) is 7.00. The molecule has 3 unspecified atom stereocenters. The summed E-state index contributed by atoms with van der Waals surface area (Å²) in [5.41, 5.74) is 0.165. The normalized spacial score (nSPS) is 34.8. The van der Waals surface area contributed by atoms with E-state index in [1.807, 2.05) is 0 Å². The largest absolute Gasteiger partial charge is 0.379 e. The number of carbonyl (C=O) groups excluding carboxylic acids is 1. The Balaban J connectivity index is 0.00000208. The van der Waals surface area contributed by atoms with Gasteiger partial charge >= 0.3 is 0 Å². The highest BCUT2D eigenvalue weighted by Crippen LogP contribution is 2.61. The zero-order valence-electron chi connectivity index (χ0n) is 15.4. The molecule has 2 saturated carbocycles. The second-order valence-corrected chi connectivity index (χ2v) is 8.31. The van der Waals surface area contributed by atoms with Gasteiger partial charge in [0.25, 0.3) is 0 Å². The average Bonchev–Trinajstić information content (AvgIpc) is 3.08. The molecule has 0 aromatic heterocycles. The van der Waals surface area contributed by atoms with E-state index in [2.05, 4.69) is 36.3 Å². The number of nitrogens with zero attached hydrogens (tertiary/aromatic N) is 1. The summed E-state index contributed by atoms with van der Waals surface area (Å²) in [6.45, 7) is 12.9. The van der Waals surface area contributed by atoms with Crippen molar-refractivity contribution < 1.29 is 9.53 Å². The van der Waals surface area contributed by atoms with Crippen molar-refractivity contribution >= 4 is 18.3 Å². The van der Waals surface area contributed by atoms with Crippen molar-refractivity contribution in [2.45, 2.75) is 45.6 Å². The lowest BCUT2D eigenvalue weighted by atomic mass is 9.64. The highest BCUT2D eigenvalue weighted by Gasteiger charge is 2.60. The molecule has 0 radical (unpaired) electrons. The van der Waals surface area contributed by atoms with Crippen molar-refractivity contribution in [2.75, 3.05) is 45.9 Å². The van der Waals surface area contributed by atoms with Crippen molar-refractivity contribution in [3.63, 3.8) is 0 Å². The number of nitrogens with one attached hydrogen (secondary N) is 2. The van der Waals surface area contributed by atoms with Gasteiger partial charge < -0.3 is 15.4 Å². The Labute approximate surface area is 152 Å². The molecule has 3 rings (SSSR count). The molecule has 2 aliphatic carbocycles. The lowest BCUT2D eigenvalue weighted by molar-refractivity contribution is -0.124. The summed E-state index contributed by atoms with van der Waals surface area (Å²) in [5.74, 6) is 1.57. The SMILES string of the molecule is CC1(C)C2CCC(C2)C1(C)NC(=O)CNCCN1CCOCC1.Cl. The lowest BCUT2D eigenvalue weighted by Crippen LogP contribution is -2.60. The van der Waals surface area contributed by atoms with E-state index in [1.54, 1.807) is 0 Å². The van der Waals surface area contributed by atoms with Crippen molar-refractivity contribution in [3.8, 4) is 0 Å². The molecule has 5 nitrogen and oxygen atoms in total. The maximum Gasteiger partial charge on any atom is 0.234 e. The Kier molecular flexibility index (Phi) is 6.57. The number of fused-ring (bicyclic) bond motifs is 2. The summed E-state index contributed by atoms with van der Waals surface area (Å²) in [6, 6.07) is 0. The Bertz CT molecular complexity index is 440. The molecule has 3 fully saturated rings. The molecule has 1 aliphatic heterocycles. The smallest absolute Gasteiger partial charge is 0.234 e. The van der Waals surface area contributed by atoms with Crippen LogP contribution < -0.4 is 10.6 Å². The predicted molar refractivity (Wildman–Crippen MR) is 98.5 cm³/mol. The van der Waals surface area contributed by atoms with Crippen molar-refractivity contribution in [1.82, 2.24) is 15.5 Å². The van der Waals surface area contributed by atoms with Crippen LogP contribution in [0.4, 0.5) is 0 Å².